The molecule has 0 unspecified atom stereocenters. The lowest BCUT2D eigenvalue weighted by atomic mass is 10.1. The molecule has 0 fully saturated rings. The number of ether oxygens (including phenoxy) is 1. The van der Waals surface area contributed by atoms with Crippen LogP contribution < -0.4 is 5.32 Å². The number of rotatable bonds is 14. The molecule has 0 bridgehead atoms. The van der Waals surface area contributed by atoms with Crippen molar-refractivity contribution >= 4 is 17.5 Å². The molecule has 0 aliphatic heterocycles. The summed E-state index contributed by atoms with van der Waals surface area (Å²) in [7, 11) is 0. The van der Waals surface area contributed by atoms with Crippen LogP contribution in [0.25, 0.3) is 0 Å². The Labute approximate surface area is 123 Å². The van der Waals surface area contributed by atoms with E-state index < -0.39 is 0 Å². The number of hydrogen-bond donors (Lipinski definition) is 1. The number of carbonyl (C=O) groups is 1. The summed E-state index contributed by atoms with van der Waals surface area (Å²) >= 11 is 5.48. The van der Waals surface area contributed by atoms with Gasteiger partial charge in [0.1, 0.15) is 0 Å². The van der Waals surface area contributed by atoms with Crippen LogP contribution in [0, 0.1) is 0 Å². The molecule has 0 aliphatic rings. The zero-order chi connectivity index (χ0) is 14.2. The minimum atomic E-state index is 0.172. The highest BCUT2D eigenvalue weighted by atomic mass is 35.5. The Morgan fingerprint density at radius 2 is 1.68 bits per heavy atom. The van der Waals surface area contributed by atoms with Crippen LogP contribution in [0.5, 0.6) is 0 Å². The lowest BCUT2D eigenvalue weighted by Crippen LogP contribution is -2.24. The summed E-state index contributed by atoms with van der Waals surface area (Å²) in [6, 6.07) is 0. The topological polar surface area (TPSA) is 38.3 Å². The molecule has 0 spiro atoms. The Hall–Kier alpha value is -0.280. The van der Waals surface area contributed by atoms with Crippen LogP contribution in [-0.4, -0.2) is 31.5 Å². The van der Waals surface area contributed by atoms with Crippen LogP contribution >= 0.6 is 11.6 Å². The van der Waals surface area contributed by atoms with E-state index in [9.17, 15) is 4.79 Å². The predicted molar refractivity (Wildman–Crippen MR) is 81.8 cm³/mol. The number of hydrogen-bond acceptors (Lipinski definition) is 2. The molecule has 19 heavy (non-hydrogen) atoms. The van der Waals surface area contributed by atoms with E-state index in [1.807, 2.05) is 0 Å². The highest BCUT2D eigenvalue weighted by Gasteiger charge is 2.00. The van der Waals surface area contributed by atoms with E-state index in [4.69, 9.17) is 16.3 Å². The van der Waals surface area contributed by atoms with E-state index in [1.165, 1.54) is 38.5 Å². The maximum atomic E-state index is 11.5. The monoisotopic (exact) mass is 291 g/mol. The summed E-state index contributed by atoms with van der Waals surface area (Å²) in [5, 5.41) is 2.92. The third kappa shape index (κ3) is 15.7. The van der Waals surface area contributed by atoms with Gasteiger partial charge < -0.3 is 10.1 Å². The van der Waals surface area contributed by atoms with Gasteiger partial charge in [0.15, 0.2) is 0 Å². The van der Waals surface area contributed by atoms with E-state index in [1.54, 1.807) is 0 Å². The number of nitrogens with one attached hydrogen (secondary N) is 1. The summed E-state index contributed by atoms with van der Waals surface area (Å²) in [6.45, 7) is 4.20. The fourth-order valence-electron chi connectivity index (χ4n) is 1.89. The average Bonchev–Trinajstić information content (AvgIpc) is 2.41. The molecule has 0 heterocycles. The standard InChI is InChI=1S/C15H30ClNO2/c1-2-3-4-5-6-7-8-10-15(18)17-12-9-13-19-14-11-16/h2-14H2,1H3,(H,17,18). The maximum Gasteiger partial charge on any atom is 0.219 e. The number of alkyl halides is 1. The molecule has 0 aromatic heterocycles. The van der Waals surface area contributed by atoms with Gasteiger partial charge in [-0.2, -0.15) is 0 Å². The number of halogens is 1. The van der Waals surface area contributed by atoms with Crippen molar-refractivity contribution < 1.29 is 9.53 Å². The Morgan fingerprint density at radius 1 is 1.00 bits per heavy atom. The molecule has 0 saturated heterocycles. The molecular formula is C15H30ClNO2. The average molecular weight is 292 g/mol. The van der Waals surface area contributed by atoms with Gasteiger partial charge >= 0.3 is 0 Å². The Morgan fingerprint density at radius 3 is 2.37 bits per heavy atom. The third-order valence-corrected chi connectivity index (χ3v) is 3.17. The van der Waals surface area contributed by atoms with E-state index in [0.29, 0.717) is 32.1 Å². The first-order valence-corrected chi connectivity index (χ1v) is 8.25. The normalized spacial score (nSPS) is 10.6. The summed E-state index contributed by atoms with van der Waals surface area (Å²) < 4.78 is 5.23. The third-order valence-electron chi connectivity index (χ3n) is 3.02. The summed E-state index contributed by atoms with van der Waals surface area (Å²) in [5.41, 5.74) is 0. The van der Waals surface area contributed by atoms with Gasteiger partial charge in [-0.15, -0.1) is 11.6 Å². The van der Waals surface area contributed by atoms with E-state index in [0.717, 1.165) is 12.8 Å². The maximum absolute atomic E-state index is 11.5. The van der Waals surface area contributed by atoms with Crippen LogP contribution in [-0.2, 0) is 9.53 Å². The van der Waals surface area contributed by atoms with Gasteiger partial charge in [-0.3, -0.25) is 4.79 Å². The first-order valence-electron chi connectivity index (χ1n) is 7.71. The Balaban J connectivity index is 3.13. The van der Waals surface area contributed by atoms with Crippen molar-refractivity contribution in [1.82, 2.24) is 5.32 Å². The number of unbranched alkanes of at least 4 members (excludes halogenated alkanes) is 6. The second-order valence-electron chi connectivity index (χ2n) is 4.88. The molecule has 0 rings (SSSR count). The molecule has 1 amide bonds. The van der Waals surface area contributed by atoms with Gasteiger partial charge in [-0.25, -0.2) is 0 Å². The first kappa shape index (κ1) is 18.7. The molecule has 114 valence electrons. The van der Waals surface area contributed by atoms with Crippen molar-refractivity contribution in [1.29, 1.82) is 0 Å². The predicted octanol–water partition coefficient (Wildman–Crippen LogP) is 3.89. The molecule has 0 aliphatic carbocycles. The van der Waals surface area contributed by atoms with Gasteiger partial charge in [-0.05, 0) is 12.8 Å². The van der Waals surface area contributed by atoms with Gasteiger partial charge in [0.2, 0.25) is 5.91 Å². The smallest absolute Gasteiger partial charge is 0.219 e. The molecule has 0 aromatic carbocycles. The Bertz CT molecular complexity index is 201. The molecule has 4 heteroatoms. The fraction of sp³-hybridized carbons (Fsp3) is 0.933. The molecule has 0 saturated carbocycles. The van der Waals surface area contributed by atoms with Crippen LogP contribution in [0.4, 0.5) is 0 Å². The lowest BCUT2D eigenvalue weighted by Gasteiger charge is -2.05. The van der Waals surface area contributed by atoms with Gasteiger partial charge in [0.25, 0.3) is 0 Å². The minimum absolute atomic E-state index is 0.172. The molecule has 1 N–H and O–H groups in total. The first-order chi connectivity index (χ1) is 9.31. The van der Waals surface area contributed by atoms with Gasteiger partial charge in [-0.1, -0.05) is 45.4 Å². The van der Waals surface area contributed by atoms with Crippen LogP contribution in [0.15, 0.2) is 0 Å². The van der Waals surface area contributed by atoms with Gasteiger partial charge in [0, 0.05) is 25.5 Å². The van der Waals surface area contributed by atoms with Gasteiger partial charge in [0.05, 0.1) is 6.61 Å². The van der Waals surface area contributed by atoms with Crippen LogP contribution in [0.1, 0.15) is 64.7 Å². The fourth-order valence-corrected chi connectivity index (χ4v) is 2.00. The van der Waals surface area contributed by atoms with E-state index in [2.05, 4.69) is 12.2 Å². The molecule has 3 nitrogen and oxygen atoms in total. The van der Waals surface area contributed by atoms with Crippen molar-refractivity contribution in [3.8, 4) is 0 Å². The zero-order valence-electron chi connectivity index (χ0n) is 12.4. The molecule has 0 atom stereocenters. The largest absolute Gasteiger partial charge is 0.380 e. The quantitative estimate of drug-likeness (QED) is 0.389. The Kier molecular flexibility index (Phi) is 15.5. The van der Waals surface area contributed by atoms with Crippen molar-refractivity contribution in [2.75, 3.05) is 25.6 Å². The van der Waals surface area contributed by atoms with Crippen LogP contribution in [0.3, 0.4) is 0 Å². The number of carbonyl (C=O) groups excluding carboxylic acids is 1. The van der Waals surface area contributed by atoms with Crippen molar-refractivity contribution in [2.45, 2.75) is 64.7 Å². The van der Waals surface area contributed by atoms with E-state index in [-0.39, 0.29) is 5.91 Å². The summed E-state index contributed by atoms with van der Waals surface area (Å²) in [6.07, 6.45) is 10.3. The number of amides is 1. The molecule has 0 aromatic rings. The van der Waals surface area contributed by atoms with Crippen molar-refractivity contribution in [3.63, 3.8) is 0 Å². The second-order valence-corrected chi connectivity index (χ2v) is 5.25. The molecule has 0 radical (unpaired) electrons. The SMILES string of the molecule is CCCCCCCCCC(=O)NCCCOCCCl. The summed E-state index contributed by atoms with van der Waals surface area (Å²) in [5.74, 6) is 0.704. The van der Waals surface area contributed by atoms with Crippen LogP contribution in [0.2, 0.25) is 0 Å². The lowest BCUT2D eigenvalue weighted by molar-refractivity contribution is -0.121. The highest BCUT2D eigenvalue weighted by molar-refractivity contribution is 6.17. The highest BCUT2D eigenvalue weighted by Crippen LogP contribution is 2.08. The molecular weight excluding hydrogens is 262 g/mol. The summed E-state index contributed by atoms with van der Waals surface area (Å²) in [4.78, 5) is 11.5. The van der Waals surface area contributed by atoms with E-state index >= 15 is 0 Å². The second kappa shape index (κ2) is 15.8. The minimum Gasteiger partial charge on any atom is -0.380 e. The van der Waals surface area contributed by atoms with Crippen molar-refractivity contribution in [3.05, 3.63) is 0 Å². The van der Waals surface area contributed by atoms with Crippen molar-refractivity contribution in [2.24, 2.45) is 0 Å². The zero-order valence-corrected chi connectivity index (χ0v) is 13.1.